The van der Waals surface area contributed by atoms with Crippen LogP contribution in [-0.4, -0.2) is 50.0 Å². The largest absolute Gasteiger partial charge is 0.378 e. The number of morpholine rings is 1. The summed E-state index contributed by atoms with van der Waals surface area (Å²) in [5.41, 5.74) is 4.27. The molecule has 9 heteroatoms. The van der Waals surface area contributed by atoms with Crippen LogP contribution in [0.3, 0.4) is 0 Å². The van der Waals surface area contributed by atoms with Gasteiger partial charge in [-0.2, -0.15) is 0 Å². The molecule has 0 radical (unpaired) electrons. The molecule has 1 amide bonds. The summed E-state index contributed by atoms with van der Waals surface area (Å²) in [6.45, 7) is 2.47. The van der Waals surface area contributed by atoms with Crippen molar-refractivity contribution in [3.8, 4) is 0 Å². The van der Waals surface area contributed by atoms with Crippen LogP contribution < -0.4 is 5.32 Å². The van der Waals surface area contributed by atoms with Crippen molar-refractivity contribution < 1.29 is 28.6 Å². The fourth-order valence-electron chi connectivity index (χ4n) is 4.18. The summed E-state index contributed by atoms with van der Waals surface area (Å²) in [6.07, 6.45) is 0. The molecule has 2 heterocycles. The number of carbonyl (C=O) groups is 2. The molecular formula is C23H20N2O6S. The van der Waals surface area contributed by atoms with Crippen molar-refractivity contribution in [1.82, 2.24) is 10.2 Å². The minimum Gasteiger partial charge on any atom is -0.378 e. The van der Waals surface area contributed by atoms with Gasteiger partial charge in [0.15, 0.2) is 5.78 Å². The molecule has 0 spiro atoms. The van der Waals surface area contributed by atoms with Crippen LogP contribution >= 0.6 is 12.0 Å². The van der Waals surface area contributed by atoms with Gasteiger partial charge in [0.25, 0.3) is 5.91 Å². The third-order valence-electron chi connectivity index (χ3n) is 5.55. The molecule has 0 bridgehead atoms. The number of benzene rings is 2. The Morgan fingerprint density at radius 3 is 2.41 bits per heavy atom. The number of rotatable bonds is 6. The van der Waals surface area contributed by atoms with E-state index in [0.29, 0.717) is 48.7 Å². The fraction of sp³-hybridized carbons (Fsp3) is 0.217. The van der Waals surface area contributed by atoms with Crippen LogP contribution in [0.4, 0.5) is 0 Å². The average Bonchev–Trinajstić information content (AvgIpc) is 3.18. The minimum absolute atomic E-state index is 0.156. The zero-order valence-corrected chi connectivity index (χ0v) is 18.1. The number of amides is 1. The summed E-state index contributed by atoms with van der Waals surface area (Å²) in [6, 6.07) is 14.7. The molecule has 0 aromatic heterocycles. The Morgan fingerprint density at radius 2 is 1.69 bits per heavy atom. The highest BCUT2D eigenvalue weighted by Gasteiger charge is 2.42. The van der Waals surface area contributed by atoms with Gasteiger partial charge < -0.3 is 15.0 Å². The summed E-state index contributed by atoms with van der Waals surface area (Å²) >= 11 is 0.985. The Hall–Kier alpha value is -2.95. The first-order chi connectivity index (χ1) is 15.7. The first kappa shape index (κ1) is 20.9. The summed E-state index contributed by atoms with van der Waals surface area (Å²) in [7, 11) is 1.34. The van der Waals surface area contributed by atoms with Crippen LogP contribution in [0.25, 0.3) is 11.4 Å². The number of ether oxygens (including phenoxy) is 1. The molecule has 164 valence electrons. The molecule has 1 N–H and O–H groups in total. The summed E-state index contributed by atoms with van der Waals surface area (Å²) in [5.74, 6) is -0.425. The highest BCUT2D eigenvalue weighted by atomic mass is 32.2. The van der Waals surface area contributed by atoms with E-state index in [1.165, 1.54) is 7.11 Å². The van der Waals surface area contributed by atoms with Crippen LogP contribution in [0.1, 0.15) is 21.5 Å². The lowest BCUT2D eigenvalue weighted by Crippen LogP contribution is -2.38. The number of carbonyl (C=O) groups excluding carboxylic acids is 2. The average molecular weight is 452 g/mol. The van der Waals surface area contributed by atoms with Crippen molar-refractivity contribution >= 4 is 35.1 Å². The van der Waals surface area contributed by atoms with Crippen molar-refractivity contribution in [2.75, 3.05) is 33.4 Å². The standard InChI is InChI=1S/C23H20N2O6S/c1-28-30-31-32-15-8-6-14(7-9-15)20-18-19(23(27)24-20)21(25-10-12-29-13-11-25)16-4-2-3-5-17(16)22(18)26/h2-9H,10-13H2,1H3,(H,24,27). The third-order valence-corrected chi connectivity index (χ3v) is 6.14. The summed E-state index contributed by atoms with van der Waals surface area (Å²) < 4.78 is 10.3. The highest BCUT2D eigenvalue weighted by molar-refractivity contribution is 7.94. The van der Waals surface area contributed by atoms with Gasteiger partial charge in [0.05, 0.1) is 54.9 Å². The Morgan fingerprint density at radius 1 is 0.969 bits per heavy atom. The molecular weight excluding hydrogens is 432 g/mol. The van der Waals surface area contributed by atoms with Gasteiger partial charge in [-0.25, -0.2) is 4.89 Å². The van der Waals surface area contributed by atoms with E-state index in [9.17, 15) is 9.59 Å². The molecule has 32 heavy (non-hydrogen) atoms. The molecule has 5 rings (SSSR count). The molecule has 1 saturated heterocycles. The van der Waals surface area contributed by atoms with Crippen molar-refractivity contribution in [1.29, 1.82) is 0 Å². The Kier molecular flexibility index (Phi) is 5.81. The van der Waals surface area contributed by atoms with Crippen LogP contribution in [0, 0.1) is 0 Å². The maximum absolute atomic E-state index is 13.5. The van der Waals surface area contributed by atoms with Crippen LogP contribution in [-0.2, 0) is 23.8 Å². The number of nitrogens with one attached hydrogen (secondary N) is 1. The van der Waals surface area contributed by atoms with Gasteiger partial charge in [-0.15, -0.1) is 4.33 Å². The maximum Gasteiger partial charge on any atom is 0.258 e. The molecule has 1 aliphatic carbocycles. The number of hydrogen-bond donors (Lipinski definition) is 1. The first-order valence-electron chi connectivity index (χ1n) is 10.1. The quantitative estimate of drug-likeness (QED) is 0.310. The lowest BCUT2D eigenvalue weighted by atomic mass is 9.83. The SMILES string of the molecule is COOOSc1ccc(C2=C3C(=O)c4ccccc4C(N4CCOCC4)=C3C(=O)N2)cc1. The first-order valence-corrected chi connectivity index (χ1v) is 10.8. The predicted molar refractivity (Wildman–Crippen MR) is 117 cm³/mol. The van der Waals surface area contributed by atoms with Gasteiger partial charge in [0.1, 0.15) is 0 Å². The van der Waals surface area contributed by atoms with Crippen LogP contribution in [0.15, 0.2) is 64.6 Å². The van der Waals surface area contributed by atoms with Gasteiger partial charge in [-0.05, 0) is 17.7 Å². The van der Waals surface area contributed by atoms with Gasteiger partial charge in [0.2, 0.25) is 0 Å². The summed E-state index contributed by atoms with van der Waals surface area (Å²) in [4.78, 5) is 34.0. The number of Topliss-reactive ketones (excluding diaryl/α,β-unsaturated/α-hetero) is 1. The number of nitrogens with zero attached hydrogens (tertiary/aromatic N) is 1. The fourth-order valence-corrected chi connectivity index (χ4v) is 4.59. The van der Waals surface area contributed by atoms with E-state index in [2.05, 4.69) is 20.1 Å². The second-order valence-corrected chi connectivity index (χ2v) is 8.09. The maximum atomic E-state index is 13.5. The lowest BCUT2D eigenvalue weighted by Gasteiger charge is -2.34. The van der Waals surface area contributed by atoms with Crippen molar-refractivity contribution in [3.63, 3.8) is 0 Å². The number of ketones is 1. The molecule has 3 aliphatic rings. The zero-order valence-electron chi connectivity index (χ0n) is 17.3. The van der Waals surface area contributed by atoms with E-state index >= 15 is 0 Å². The van der Waals surface area contributed by atoms with Gasteiger partial charge in [0, 0.05) is 29.1 Å². The molecule has 0 atom stereocenters. The zero-order chi connectivity index (χ0) is 22.1. The van der Waals surface area contributed by atoms with E-state index in [0.717, 1.165) is 33.8 Å². The summed E-state index contributed by atoms with van der Waals surface area (Å²) in [5, 5.41) is 7.34. The van der Waals surface area contributed by atoms with E-state index in [4.69, 9.17) is 9.07 Å². The van der Waals surface area contributed by atoms with E-state index in [1.54, 1.807) is 0 Å². The van der Waals surface area contributed by atoms with Crippen LogP contribution in [0.5, 0.6) is 0 Å². The molecule has 2 aromatic carbocycles. The van der Waals surface area contributed by atoms with E-state index in [1.807, 2.05) is 48.5 Å². The third kappa shape index (κ3) is 3.64. The molecule has 1 fully saturated rings. The monoisotopic (exact) mass is 452 g/mol. The Bertz CT molecular complexity index is 1140. The second kappa shape index (κ2) is 8.89. The molecule has 2 aromatic rings. The van der Waals surface area contributed by atoms with E-state index in [-0.39, 0.29) is 11.7 Å². The van der Waals surface area contributed by atoms with Gasteiger partial charge in [-0.3, -0.25) is 9.59 Å². The van der Waals surface area contributed by atoms with Crippen molar-refractivity contribution in [3.05, 3.63) is 76.4 Å². The second-order valence-electron chi connectivity index (χ2n) is 7.31. The smallest absolute Gasteiger partial charge is 0.258 e. The normalized spacial score (nSPS) is 18.1. The minimum atomic E-state index is -0.269. The topological polar surface area (TPSA) is 86.3 Å². The van der Waals surface area contributed by atoms with E-state index < -0.39 is 0 Å². The highest BCUT2D eigenvalue weighted by Crippen LogP contribution is 2.42. The molecule has 8 nitrogen and oxygen atoms in total. The predicted octanol–water partition coefficient (Wildman–Crippen LogP) is 2.98. The van der Waals surface area contributed by atoms with Crippen molar-refractivity contribution in [2.24, 2.45) is 0 Å². The Labute approximate surface area is 188 Å². The number of hydrogen-bond acceptors (Lipinski definition) is 8. The lowest BCUT2D eigenvalue weighted by molar-refractivity contribution is -0.447. The van der Waals surface area contributed by atoms with Gasteiger partial charge in [-0.1, -0.05) is 41.4 Å². The van der Waals surface area contributed by atoms with Crippen molar-refractivity contribution in [2.45, 2.75) is 4.90 Å². The molecule has 2 aliphatic heterocycles. The number of fused-ring (bicyclic) bond motifs is 2. The molecule has 0 saturated carbocycles. The van der Waals surface area contributed by atoms with Crippen LogP contribution in [0.2, 0.25) is 0 Å². The Balaban J connectivity index is 1.61. The van der Waals surface area contributed by atoms with Gasteiger partial charge >= 0.3 is 0 Å². The molecule has 0 unspecified atom stereocenters.